The van der Waals surface area contributed by atoms with Crippen LogP contribution in [0.2, 0.25) is 0 Å². The van der Waals surface area contributed by atoms with Crippen LogP contribution in [0.5, 0.6) is 6.01 Å². The van der Waals surface area contributed by atoms with E-state index in [0.29, 0.717) is 30.4 Å². The minimum absolute atomic E-state index is 0.00544. The maximum absolute atomic E-state index is 13.3. The van der Waals surface area contributed by atoms with Gasteiger partial charge in [-0.25, -0.2) is 19.3 Å². The predicted molar refractivity (Wildman–Crippen MR) is 108 cm³/mol. The lowest BCUT2D eigenvalue weighted by atomic mass is 10.2. The van der Waals surface area contributed by atoms with Gasteiger partial charge in [0.05, 0.1) is 6.20 Å². The number of nitrogens with one attached hydrogen (secondary N) is 1. The highest BCUT2D eigenvalue weighted by Gasteiger charge is 2.25. The Balaban J connectivity index is 1.35. The fraction of sp³-hybridized carbons (Fsp3) is 0.238. The molecule has 4 aromatic rings. The van der Waals surface area contributed by atoms with Crippen LogP contribution in [0.15, 0.2) is 59.9 Å². The van der Waals surface area contributed by atoms with Crippen LogP contribution in [0.3, 0.4) is 0 Å². The Labute approximate surface area is 171 Å². The molecule has 0 bridgehead atoms. The molecule has 0 radical (unpaired) electrons. The van der Waals surface area contributed by atoms with E-state index in [1.807, 2.05) is 6.20 Å². The normalized spacial score (nSPS) is 16.9. The third kappa shape index (κ3) is 3.67. The molecular formula is C21H19FN6O2. The first-order valence-corrected chi connectivity index (χ1v) is 9.67. The third-order valence-corrected chi connectivity index (χ3v) is 5.13. The van der Waals surface area contributed by atoms with Crippen molar-refractivity contribution in [1.29, 1.82) is 0 Å². The Hall–Kier alpha value is -3.59. The van der Waals surface area contributed by atoms with E-state index in [9.17, 15) is 9.18 Å². The van der Waals surface area contributed by atoms with Gasteiger partial charge >= 0.3 is 6.01 Å². The standard InChI is InChI=1S/C21H19FN6O2/c22-15-4-2-14(3-5-15)19-25-10-18-20(29)26-16(12-28(18)19)11-27-9-6-17(13-27)30-21-23-7-1-8-24-21/h1-5,7-8,10,12,17H,6,9,11,13H2,(H,26,29). The molecule has 1 atom stereocenters. The molecule has 5 rings (SSSR count). The molecular weight excluding hydrogens is 387 g/mol. The first kappa shape index (κ1) is 18.4. The molecule has 1 saturated heterocycles. The molecule has 0 saturated carbocycles. The van der Waals surface area contributed by atoms with Crippen LogP contribution in [0, 0.1) is 5.82 Å². The average molecular weight is 406 g/mol. The number of ether oxygens (including phenoxy) is 1. The number of imidazole rings is 1. The molecule has 8 nitrogen and oxygen atoms in total. The summed E-state index contributed by atoms with van der Waals surface area (Å²) in [6, 6.07) is 8.19. The van der Waals surface area contributed by atoms with Crippen LogP contribution >= 0.6 is 0 Å². The van der Waals surface area contributed by atoms with Crippen LogP contribution in [0.4, 0.5) is 4.39 Å². The zero-order valence-corrected chi connectivity index (χ0v) is 16.0. The summed E-state index contributed by atoms with van der Waals surface area (Å²) < 4.78 is 20.8. The van der Waals surface area contributed by atoms with Gasteiger partial charge in [-0.1, -0.05) is 0 Å². The first-order chi connectivity index (χ1) is 14.7. The maximum Gasteiger partial charge on any atom is 0.316 e. The van der Waals surface area contributed by atoms with E-state index in [1.54, 1.807) is 35.0 Å². The summed E-state index contributed by atoms with van der Waals surface area (Å²) in [5.41, 5.74) is 1.75. The highest BCUT2D eigenvalue weighted by Crippen LogP contribution is 2.20. The molecule has 0 spiro atoms. The molecule has 0 amide bonds. The van der Waals surface area contributed by atoms with Crippen molar-refractivity contribution < 1.29 is 9.13 Å². The largest absolute Gasteiger partial charge is 0.459 e. The van der Waals surface area contributed by atoms with Crippen molar-refractivity contribution in [2.45, 2.75) is 19.1 Å². The molecule has 0 aliphatic carbocycles. The van der Waals surface area contributed by atoms with Crippen LogP contribution in [-0.4, -0.2) is 48.4 Å². The van der Waals surface area contributed by atoms with Crippen LogP contribution in [0.25, 0.3) is 16.9 Å². The molecule has 9 heteroatoms. The van der Waals surface area contributed by atoms with Gasteiger partial charge in [-0.3, -0.25) is 14.1 Å². The summed E-state index contributed by atoms with van der Waals surface area (Å²) in [5.74, 6) is 0.283. The number of aromatic amines is 1. The molecule has 4 heterocycles. The fourth-order valence-electron chi connectivity index (χ4n) is 3.72. The zero-order chi connectivity index (χ0) is 20.5. The average Bonchev–Trinajstić information content (AvgIpc) is 3.37. The second-order valence-corrected chi connectivity index (χ2v) is 7.25. The Morgan fingerprint density at radius 2 is 1.97 bits per heavy atom. The smallest absolute Gasteiger partial charge is 0.316 e. The Bertz CT molecular complexity index is 1220. The summed E-state index contributed by atoms with van der Waals surface area (Å²) in [4.78, 5) is 30.2. The van der Waals surface area contributed by atoms with Gasteiger partial charge in [-0.05, 0) is 36.8 Å². The summed E-state index contributed by atoms with van der Waals surface area (Å²) in [6.45, 7) is 2.13. The van der Waals surface area contributed by atoms with E-state index < -0.39 is 0 Å². The lowest BCUT2D eigenvalue weighted by Crippen LogP contribution is -2.26. The van der Waals surface area contributed by atoms with Gasteiger partial charge in [0.2, 0.25) is 0 Å². The molecule has 152 valence electrons. The molecule has 1 aromatic carbocycles. The van der Waals surface area contributed by atoms with Gasteiger partial charge in [-0.2, -0.15) is 0 Å². The van der Waals surface area contributed by atoms with Crippen molar-refractivity contribution in [3.8, 4) is 17.4 Å². The number of H-pyrrole nitrogens is 1. The molecule has 1 N–H and O–H groups in total. The van der Waals surface area contributed by atoms with Crippen molar-refractivity contribution in [1.82, 2.24) is 29.2 Å². The lowest BCUT2D eigenvalue weighted by molar-refractivity contribution is 0.183. The van der Waals surface area contributed by atoms with E-state index in [-0.39, 0.29) is 17.5 Å². The van der Waals surface area contributed by atoms with Gasteiger partial charge in [0, 0.05) is 49.5 Å². The number of rotatable bonds is 5. The Morgan fingerprint density at radius 3 is 2.77 bits per heavy atom. The Kier molecular flexibility index (Phi) is 4.72. The molecule has 3 aromatic heterocycles. The van der Waals surface area contributed by atoms with Crippen molar-refractivity contribution in [2.24, 2.45) is 0 Å². The highest BCUT2D eigenvalue weighted by molar-refractivity contribution is 5.61. The highest BCUT2D eigenvalue weighted by atomic mass is 19.1. The third-order valence-electron chi connectivity index (χ3n) is 5.13. The summed E-state index contributed by atoms with van der Waals surface area (Å²) in [6.07, 6.45) is 7.57. The maximum atomic E-state index is 13.3. The number of likely N-dealkylation sites (tertiary alicyclic amines) is 1. The van der Waals surface area contributed by atoms with Gasteiger partial charge in [0.1, 0.15) is 23.3 Å². The van der Waals surface area contributed by atoms with Crippen LogP contribution in [0.1, 0.15) is 12.1 Å². The fourth-order valence-corrected chi connectivity index (χ4v) is 3.72. The van der Waals surface area contributed by atoms with Gasteiger partial charge in [-0.15, -0.1) is 0 Å². The topological polar surface area (TPSA) is 88.4 Å². The summed E-state index contributed by atoms with van der Waals surface area (Å²) in [7, 11) is 0. The number of fused-ring (bicyclic) bond motifs is 1. The van der Waals surface area contributed by atoms with Crippen molar-refractivity contribution >= 4 is 5.52 Å². The summed E-state index contributed by atoms with van der Waals surface area (Å²) >= 11 is 0. The number of benzene rings is 1. The predicted octanol–water partition coefficient (Wildman–Crippen LogP) is 2.27. The van der Waals surface area contributed by atoms with E-state index in [2.05, 4.69) is 24.8 Å². The molecule has 1 unspecified atom stereocenters. The van der Waals surface area contributed by atoms with Gasteiger partial charge in [0.25, 0.3) is 5.56 Å². The molecule has 1 aliphatic heterocycles. The van der Waals surface area contributed by atoms with Crippen LogP contribution in [-0.2, 0) is 6.54 Å². The van der Waals surface area contributed by atoms with Crippen molar-refractivity contribution in [3.63, 3.8) is 0 Å². The van der Waals surface area contributed by atoms with Crippen molar-refractivity contribution in [3.05, 3.63) is 77.0 Å². The lowest BCUT2D eigenvalue weighted by Gasteiger charge is -2.16. The molecule has 30 heavy (non-hydrogen) atoms. The second-order valence-electron chi connectivity index (χ2n) is 7.25. The number of halogens is 1. The number of nitrogens with zero attached hydrogens (tertiary/aromatic N) is 5. The minimum atomic E-state index is -0.315. The van der Waals surface area contributed by atoms with E-state index in [4.69, 9.17) is 4.74 Å². The van der Waals surface area contributed by atoms with Crippen molar-refractivity contribution in [2.75, 3.05) is 13.1 Å². The zero-order valence-electron chi connectivity index (χ0n) is 16.0. The minimum Gasteiger partial charge on any atom is -0.459 e. The van der Waals surface area contributed by atoms with E-state index in [0.717, 1.165) is 24.2 Å². The number of hydrogen-bond donors (Lipinski definition) is 1. The van der Waals surface area contributed by atoms with Gasteiger partial charge < -0.3 is 9.72 Å². The SMILES string of the molecule is O=c1[nH]c(CN2CCC(Oc3ncccn3)C2)cn2c(-c3ccc(F)cc3)ncc12. The monoisotopic (exact) mass is 406 g/mol. The quantitative estimate of drug-likeness (QED) is 0.547. The molecule has 1 aliphatic rings. The van der Waals surface area contributed by atoms with Crippen LogP contribution < -0.4 is 10.3 Å². The molecule has 1 fully saturated rings. The van der Waals surface area contributed by atoms with E-state index in [1.165, 1.54) is 18.3 Å². The number of aromatic nitrogens is 5. The summed E-state index contributed by atoms with van der Waals surface area (Å²) in [5, 5.41) is 0. The number of hydrogen-bond acceptors (Lipinski definition) is 6. The Morgan fingerprint density at radius 1 is 1.17 bits per heavy atom. The first-order valence-electron chi connectivity index (χ1n) is 9.67. The van der Waals surface area contributed by atoms with Gasteiger partial charge in [0.15, 0.2) is 0 Å². The second kappa shape index (κ2) is 7.68. The van der Waals surface area contributed by atoms with E-state index >= 15 is 0 Å².